The minimum absolute atomic E-state index is 0.0173. The van der Waals surface area contributed by atoms with Gasteiger partial charge < -0.3 is 4.18 Å². The van der Waals surface area contributed by atoms with Crippen LogP contribution in [0.5, 0.6) is 0 Å². The molecule has 0 amide bonds. The van der Waals surface area contributed by atoms with E-state index in [2.05, 4.69) is 11.1 Å². The molecule has 0 saturated heterocycles. The highest BCUT2D eigenvalue weighted by Gasteiger charge is 2.19. The third-order valence-corrected chi connectivity index (χ3v) is 5.97. The van der Waals surface area contributed by atoms with Gasteiger partial charge in [0.05, 0.1) is 0 Å². The Labute approximate surface area is 165 Å². The number of carbonyl (C=O) groups is 1. The first-order chi connectivity index (χ1) is 13.1. The van der Waals surface area contributed by atoms with Crippen molar-refractivity contribution in [3.05, 3.63) is 30.3 Å². The first-order valence-electron chi connectivity index (χ1n) is 10.6. The van der Waals surface area contributed by atoms with E-state index in [9.17, 15) is 13.2 Å². The zero-order valence-corrected chi connectivity index (χ0v) is 17.6. The van der Waals surface area contributed by atoms with Crippen molar-refractivity contribution in [1.82, 2.24) is 0 Å². The topological polar surface area (TPSA) is 60.4 Å². The third-order valence-electron chi connectivity index (χ3n) is 4.72. The van der Waals surface area contributed by atoms with E-state index in [-0.39, 0.29) is 11.3 Å². The highest BCUT2D eigenvalue weighted by molar-refractivity contribution is 7.87. The predicted octanol–water partition coefficient (Wildman–Crippen LogP) is 6.40. The van der Waals surface area contributed by atoms with E-state index in [1.807, 2.05) is 0 Å². The normalized spacial score (nSPS) is 11.4. The van der Waals surface area contributed by atoms with Crippen molar-refractivity contribution < 1.29 is 17.4 Å². The van der Waals surface area contributed by atoms with Gasteiger partial charge in [-0.3, -0.25) is 4.79 Å². The molecule has 1 rings (SSSR count). The van der Waals surface area contributed by atoms with E-state index in [1.165, 1.54) is 76.3 Å². The Kier molecular flexibility index (Phi) is 12.9. The van der Waals surface area contributed by atoms with Gasteiger partial charge in [-0.15, -0.1) is 0 Å². The van der Waals surface area contributed by atoms with Crippen molar-refractivity contribution in [2.75, 3.05) is 0 Å². The summed E-state index contributed by atoms with van der Waals surface area (Å²) in [5, 5.41) is 0. The van der Waals surface area contributed by atoms with Crippen LogP contribution >= 0.6 is 0 Å². The summed E-state index contributed by atoms with van der Waals surface area (Å²) in [6.45, 7) is 2.25. The van der Waals surface area contributed by atoms with Gasteiger partial charge in [0.2, 0.25) is 0 Å². The molecule has 0 spiro atoms. The molecular formula is C22H36O4S. The highest BCUT2D eigenvalue weighted by atomic mass is 32.2. The van der Waals surface area contributed by atoms with Crippen LogP contribution in [0.15, 0.2) is 35.2 Å². The molecule has 0 aromatic heterocycles. The number of hydrogen-bond acceptors (Lipinski definition) is 4. The van der Waals surface area contributed by atoms with Crippen LogP contribution in [-0.2, 0) is 19.1 Å². The maximum absolute atomic E-state index is 11.9. The molecule has 0 unspecified atom stereocenters. The quantitative estimate of drug-likeness (QED) is 0.239. The maximum Gasteiger partial charge on any atom is 0.341 e. The molecule has 0 radical (unpaired) electrons. The molecular weight excluding hydrogens is 360 g/mol. The fraction of sp³-hybridized carbons (Fsp3) is 0.682. The van der Waals surface area contributed by atoms with Gasteiger partial charge in [0, 0.05) is 6.42 Å². The van der Waals surface area contributed by atoms with Gasteiger partial charge in [-0.05, 0) is 18.6 Å². The van der Waals surface area contributed by atoms with Gasteiger partial charge in [-0.1, -0.05) is 102 Å². The zero-order chi connectivity index (χ0) is 19.8. The Morgan fingerprint density at radius 2 is 1.19 bits per heavy atom. The van der Waals surface area contributed by atoms with E-state index < -0.39 is 16.1 Å². The first-order valence-corrected chi connectivity index (χ1v) is 12.0. The molecule has 0 aliphatic carbocycles. The Morgan fingerprint density at radius 3 is 1.67 bits per heavy atom. The summed E-state index contributed by atoms with van der Waals surface area (Å²) in [5.74, 6) is -0.665. The summed E-state index contributed by atoms with van der Waals surface area (Å²) >= 11 is 0. The number of rotatable bonds is 16. The molecule has 0 saturated carbocycles. The van der Waals surface area contributed by atoms with Crippen LogP contribution in [0, 0.1) is 0 Å². The lowest BCUT2D eigenvalue weighted by molar-refractivity contribution is -0.133. The number of carbonyl (C=O) groups excluding carboxylic acids is 1. The molecule has 0 aliphatic heterocycles. The van der Waals surface area contributed by atoms with E-state index in [0.29, 0.717) is 6.42 Å². The third kappa shape index (κ3) is 11.9. The summed E-state index contributed by atoms with van der Waals surface area (Å²) in [4.78, 5) is 11.7. The Balaban J connectivity index is 1.97. The molecule has 0 N–H and O–H groups in total. The number of hydrogen-bond donors (Lipinski definition) is 0. The first kappa shape index (κ1) is 23.7. The second-order valence-corrected chi connectivity index (χ2v) is 8.76. The molecule has 0 atom stereocenters. The summed E-state index contributed by atoms with van der Waals surface area (Å²) in [6, 6.07) is 7.77. The minimum atomic E-state index is -3.98. The molecule has 0 fully saturated rings. The average Bonchev–Trinajstić information content (AvgIpc) is 2.66. The van der Waals surface area contributed by atoms with Crippen LogP contribution in [0.3, 0.4) is 0 Å². The van der Waals surface area contributed by atoms with Crippen LogP contribution in [-0.4, -0.2) is 14.4 Å². The monoisotopic (exact) mass is 396 g/mol. The smallest absolute Gasteiger partial charge is 0.341 e. The fourth-order valence-electron chi connectivity index (χ4n) is 3.09. The second-order valence-electron chi connectivity index (χ2n) is 7.22. The van der Waals surface area contributed by atoms with E-state index >= 15 is 0 Å². The van der Waals surface area contributed by atoms with E-state index in [0.717, 1.165) is 12.8 Å². The van der Waals surface area contributed by atoms with Crippen LogP contribution in [0.2, 0.25) is 0 Å². The number of benzene rings is 1. The van der Waals surface area contributed by atoms with Gasteiger partial charge in [0.25, 0.3) is 0 Å². The molecule has 1 aromatic rings. The lowest BCUT2D eigenvalue weighted by Crippen LogP contribution is -2.13. The molecule has 154 valence electrons. The lowest BCUT2D eigenvalue weighted by atomic mass is 10.0. The molecule has 4 nitrogen and oxygen atoms in total. The van der Waals surface area contributed by atoms with Gasteiger partial charge in [0.15, 0.2) is 0 Å². The Bertz CT molecular complexity index is 596. The largest absolute Gasteiger partial charge is 0.342 e. The van der Waals surface area contributed by atoms with Gasteiger partial charge in [-0.25, -0.2) is 0 Å². The van der Waals surface area contributed by atoms with Crippen molar-refractivity contribution in [3.63, 3.8) is 0 Å². The number of unbranched alkanes of at least 4 members (excludes halogenated alkanes) is 12. The predicted molar refractivity (Wildman–Crippen MR) is 110 cm³/mol. The molecule has 0 bridgehead atoms. The van der Waals surface area contributed by atoms with E-state index in [1.54, 1.807) is 18.2 Å². The van der Waals surface area contributed by atoms with E-state index in [4.69, 9.17) is 0 Å². The Hall–Kier alpha value is -1.36. The second kappa shape index (κ2) is 14.7. The average molecular weight is 397 g/mol. The molecule has 5 heteroatoms. The van der Waals surface area contributed by atoms with Gasteiger partial charge in [-0.2, -0.15) is 8.42 Å². The zero-order valence-electron chi connectivity index (χ0n) is 16.8. The summed E-state index contributed by atoms with van der Waals surface area (Å²) < 4.78 is 28.5. The Morgan fingerprint density at radius 1 is 0.741 bits per heavy atom. The van der Waals surface area contributed by atoms with Crippen molar-refractivity contribution in [1.29, 1.82) is 0 Å². The summed E-state index contributed by atoms with van der Waals surface area (Å²) in [6.07, 6.45) is 16.1. The molecule has 0 heterocycles. The van der Waals surface area contributed by atoms with Crippen LogP contribution in [0.4, 0.5) is 0 Å². The van der Waals surface area contributed by atoms with Crippen LogP contribution in [0.25, 0.3) is 0 Å². The van der Waals surface area contributed by atoms with Gasteiger partial charge >= 0.3 is 16.1 Å². The van der Waals surface area contributed by atoms with Crippen LogP contribution in [0.1, 0.15) is 96.8 Å². The van der Waals surface area contributed by atoms with Crippen molar-refractivity contribution in [2.24, 2.45) is 0 Å². The van der Waals surface area contributed by atoms with Crippen LogP contribution < -0.4 is 0 Å². The van der Waals surface area contributed by atoms with Crippen molar-refractivity contribution >= 4 is 16.1 Å². The minimum Gasteiger partial charge on any atom is -0.342 e. The molecule has 1 aromatic carbocycles. The molecule has 27 heavy (non-hydrogen) atoms. The lowest BCUT2D eigenvalue weighted by Gasteiger charge is -2.06. The molecule has 0 aliphatic rings. The SMILES string of the molecule is CCCCCCCCCCCCCCCC(=O)OS(=O)(=O)c1ccccc1. The van der Waals surface area contributed by atoms with Crippen molar-refractivity contribution in [3.8, 4) is 0 Å². The van der Waals surface area contributed by atoms with Gasteiger partial charge in [0.1, 0.15) is 4.90 Å². The fourth-order valence-corrected chi connectivity index (χ4v) is 4.00. The maximum atomic E-state index is 11.9. The van der Waals surface area contributed by atoms with Crippen molar-refractivity contribution in [2.45, 2.75) is 102 Å². The standard InChI is InChI=1S/C22H36O4S/c1-2-3-4-5-6-7-8-9-10-11-12-13-17-20-22(23)26-27(24,25)21-18-15-14-16-19-21/h14-16,18-19H,2-13,17,20H2,1H3. The summed E-state index contributed by atoms with van der Waals surface area (Å²) in [7, 11) is -3.98. The summed E-state index contributed by atoms with van der Waals surface area (Å²) in [5.41, 5.74) is 0. The highest BCUT2D eigenvalue weighted by Crippen LogP contribution is 2.15.